The lowest BCUT2D eigenvalue weighted by molar-refractivity contribution is -0.144. The van der Waals surface area contributed by atoms with Crippen LogP contribution in [0.1, 0.15) is 42.7 Å². The van der Waals surface area contributed by atoms with Crippen LogP contribution in [-0.2, 0) is 9.53 Å². The number of carboxylic acids is 1. The molecule has 29 heavy (non-hydrogen) atoms. The van der Waals surface area contributed by atoms with Gasteiger partial charge >= 0.3 is 12.1 Å². The molecule has 2 atom stereocenters. The van der Waals surface area contributed by atoms with E-state index in [2.05, 4.69) is 24.3 Å². The molecule has 0 spiro atoms. The number of nitrogens with zero attached hydrogens (tertiary/aromatic N) is 1. The standard InChI is InChI=1S/C24H25NO4/c26-22(27)24-11-13-25(12-5-6-16(24)14-24)23(28)29-15-21-19-9-3-1-7-17(19)18-8-2-4-10-20(18)21/h1-4,7-10,16,21H,5-6,11-15H2,(H,26,27). The van der Waals surface area contributed by atoms with Gasteiger partial charge in [-0.2, -0.15) is 0 Å². The highest BCUT2D eigenvalue weighted by Crippen LogP contribution is 2.58. The first kappa shape index (κ1) is 18.2. The molecule has 5 heteroatoms. The van der Waals surface area contributed by atoms with E-state index in [1.54, 1.807) is 4.90 Å². The van der Waals surface area contributed by atoms with E-state index in [4.69, 9.17) is 4.74 Å². The van der Waals surface area contributed by atoms with Gasteiger partial charge in [-0.1, -0.05) is 48.5 Å². The van der Waals surface area contributed by atoms with Gasteiger partial charge in [0.2, 0.25) is 0 Å². The van der Waals surface area contributed by atoms with E-state index in [1.807, 2.05) is 24.3 Å². The number of rotatable bonds is 3. The van der Waals surface area contributed by atoms with Crippen molar-refractivity contribution in [3.63, 3.8) is 0 Å². The zero-order valence-electron chi connectivity index (χ0n) is 16.3. The minimum atomic E-state index is -0.711. The van der Waals surface area contributed by atoms with Crippen molar-refractivity contribution in [2.24, 2.45) is 11.3 Å². The highest BCUT2D eigenvalue weighted by Gasteiger charge is 2.59. The average Bonchev–Trinajstić information content (AvgIpc) is 3.32. The van der Waals surface area contributed by atoms with E-state index >= 15 is 0 Å². The van der Waals surface area contributed by atoms with E-state index in [0.717, 1.165) is 19.3 Å². The predicted octanol–water partition coefficient (Wildman–Crippen LogP) is 4.51. The molecule has 1 amide bonds. The Morgan fingerprint density at radius 1 is 1.03 bits per heavy atom. The van der Waals surface area contributed by atoms with Crippen molar-refractivity contribution >= 4 is 12.1 Å². The first-order valence-corrected chi connectivity index (χ1v) is 10.4. The van der Waals surface area contributed by atoms with Crippen LogP contribution in [0.2, 0.25) is 0 Å². The number of amides is 1. The molecule has 2 aliphatic carbocycles. The van der Waals surface area contributed by atoms with Crippen molar-refractivity contribution in [3.05, 3.63) is 59.7 Å². The number of aliphatic carboxylic acids is 1. The number of benzene rings is 2. The summed E-state index contributed by atoms with van der Waals surface area (Å²) >= 11 is 0. The van der Waals surface area contributed by atoms with Crippen molar-refractivity contribution in [3.8, 4) is 11.1 Å². The van der Waals surface area contributed by atoms with E-state index in [0.29, 0.717) is 26.1 Å². The van der Waals surface area contributed by atoms with E-state index < -0.39 is 11.4 Å². The number of fused-ring (bicyclic) bond motifs is 4. The molecule has 5 rings (SSSR count). The van der Waals surface area contributed by atoms with E-state index in [-0.39, 0.29) is 17.9 Å². The van der Waals surface area contributed by atoms with Crippen LogP contribution in [0.5, 0.6) is 0 Å². The molecule has 1 saturated heterocycles. The Balaban J connectivity index is 1.28. The Labute approximate surface area is 170 Å². The predicted molar refractivity (Wildman–Crippen MR) is 109 cm³/mol. The van der Waals surface area contributed by atoms with Gasteiger partial charge in [0.1, 0.15) is 6.61 Å². The number of hydrogen-bond donors (Lipinski definition) is 1. The molecule has 3 aliphatic rings. The zero-order valence-corrected chi connectivity index (χ0v) is 16.3. The first-order chi connectivity index (χ1) is 14.1. The summed E-state index contributed by atoms with van der Waals surface area (Å²) in [5.74, 6) is -0.388. The molecule has 1 N–H and O–H groups in total. The average molecular weight is 391 g/mol. The molecule has 0 aromatic heterocycles. The van der Waals surface area contributed by atoms with Crippen molar-refractivity contribution in [2.75, 3.05) is 19.7 Å². The molecule has 2 aromatic rings. The maximum Gasteiger partial charge on any atom is 0.409 e. The molecule has 0 bridgehead atoms. The lowest BCUT2D eigenvalue weighted by Crippen LogP contribution is -2.37. The maximum atomic E-state index is 12.8. The first-order valence-electron chi connectivity index (χ1n) is 10.4. The summed E-state index contributed by atoms with van der Waals surface area (Å²) in [7, 11) is 0. The SMILES string of the molecule is O=C(OCC1c2ccccc2-c2ccccc21)N1CCCC2CC2(C(=O)O)CC1. The maximum absolute atomic E-state index is 12.8. The number of ether oxygens (including phenoxy) is 1. The van der Waals surface area contributed by atoms with Crippen LogP contribution in [0.4, 0.5) is 4.79 Å². The Morgan fingerprint density at radius 3 is 2.34 bits per heavy atom. The lowest BCUT2D eigenvalue weighted by atomic mass is 9.95. The zero-order chi connectivity index (χ0) is 20.0. The van der Waals surface area contributed by atoms with Gasteiger partial charge in [-0.25, -0.2) is 4.79 Å². The molecular weight excluding hydrogens is 366 g/mol. The number of likely N-dealkylation sites (tertiary alicyclic amines) is 1. The molecule has 5 nitrogen and oxygen atoms in total. The number of carboxylic acid groups (broad SMARTS) is 1. The second-order valence-corrected chi connectivity index (χ2v) is 8.55. The van der Waals surface area contributed by atoms with Crippen molar-refractivity contribution in [2.45, 2.75) is 31.6 Å². The van der Waals surface area contributed by atoms with Crippen LogP contribution in [0.3, 0.4) is 0 Å². The van der Waals surface area contributed by atoms with Gasteiger partial charge in [0.25, 0.3) is 0 Å². The third kappa shape index (κ3) is 3.00. The molecule has 0 radical (unpaired) electrons. The number of hydrogen-bond acceptors (Lipinski definition) is 3. The van der Waals surface area contributed by atoms with Crippen LogP contribution < -0.4 is 0 Å². The molecule has 150 valence electrons. The van der Waals surface area contributed by atoms with Gasteiger partial charge < -0.3 is 14.7 Å². The molecule has 2 aromatic carbocycles. The quantitative estimate of drug-likeness (QED) is 0.836. The molecular formula is C24H25NO4. The van der Waals surface area contributed by atoms with Crippen molar-refractivity contribution in [1.82, 2.24) is 4.90 Å². The fourth-order valence-corrected chi connectivity index (χ4v) is 5.28. The molecule has 1 aliphatic heterocycles. The van der Waals surface area contributed by atoms with Gasteiger partial charge in [-0.05, 0) is 53.9 Å². The minimum Gasteiger partial charge on any atom is -0.481 e. The topological polar surface area (TPSA) is 66.8 Å². The Bertz CT molecular complexity index is 925. The van der Waals surface area contributed by atoms with Crippen LogP contribution in [0.15, 0.2) is 48.5 Å². The third-order valence-electron chi connectivity index (χ3n) is 7.06. The Kier molecular flexibility index (Phi) is 4.34. The fourth-order valence-electron chi connectivity index (χ4n) is 5.28. The highest BCUT2D eigenvalue weighted by molar-refractivity contribution is 5.80. The van der Waals surface area contributed by atoms with Crippen LogP contribution in [0, 0.1) is 11.3 Å². The van der Waals surface area contributed by atoms with Gasteiger partial charge in [-0.15, -0.1) is 0 Å². The summed E-state index contributed by atoms with van der Waals surface area (Å²) in [5, 5.41) is 9.58. The minimum absolute atomic E-state index is 0.0410. The number of carbonyl (C=O) groups is 2. The second kappa shape index (κ2) is 6.90. The molecule has 1 heterocycles. The molecule has 2 fully saturated rings. The molecule has 2 unspecified atom stereocenters. The van der Waals surface area contributed by atoms with Crippen LogP contribution in [0.25, 0.3) is 11.1 Å². The van der Waals surface area contributed by atoms with Crippen molar-refractivity contribution in [1.29, 1.82) is 0 Å². The largest absolute Gasteiger partial charge is 0.481 e. The molecule has 1 saturated carbocycles. The summed E-state index contributed by atoms with van der Waals surface area (Å²) in [6.45, 7) is 1.40. The van der Waals surface area contributed by atoms with Crippen LogP contribution in [-0.4, -0.2) is 41.8 Å². The Hall–Kier alpha value is -2.82. The summed E-state index contributed by atoms with van der Waals surface area (Å²) in [6.07, 6.45) is 2.66. The van der Waals surface area contributed by atoms with E-state index in [1.165, 1.54) is 22.3 Å². The fraction of sp³-hybridized carbons (Fsp3) is 0.417. The summed E-state index contributed by atoms with van der Waals surface area (Å²) < 4.78 is 5.76. The summed E-state index contributed by atoms with van der Waals surface area (Å²) in [4.78, 5) is 26.2. The van der Waals surface area contributed by atoms with Gasteiger partial charge in [0, 0.05) is 19.0 Å². The lowest BCUT2D eigenvalue weighted by Gasteiger charge is -2.27. The van der Waals surface area contributed by atoms with Crippen molar-refractivity contribution < 1.29 is 19.4 Å². The van der Waals surface area contributed by atoms with E-state index in [9.17, 15) is 14.7 Å². The number of carbonyl (C=O) groups excluding carboxylic acids is 1. The van der Waals surface area contributed by atoms with Gasteiger partial charge in [-0.3, -0.25) is 4.79 Å². The second-order valence-electron chi connectivity index (χ2n) is 8.55. The highest BCUT2D eigenvalue weighted by atomic mass is 16.6. The van der Waals surface area contributed by atoms with Crippen LogP contribution >= 0.6 is 0 Å². The summed E-state index contributed by atoms with van der Waals surface area (Å²) in [6, 6.07) is 16.6. The Morgan fingerprint density at radius 2 is 1.69 bits per heavy atom. The smallest absolute Gasteiger partial charge is 0.409 e. The van der Waals surface area contributed by atoms with Gasteiger partial charge in [0.15, 0.2) is 0 Å². The summed E-state index contributed by atoms with van der Waals surface area (Å²) in [5.41, 5.74) is 4.19. The van der Waals surface area contributed by atoms with Gasteiger partial charge in [0.05, 0.1) is 5.41 Å². The monoisotopic (exact) mass is 391 g/mol. The normalized spacial score (nSPS) is 25.2. The third-order valence-corrected chi connectivity index (χ3v) is 7.06.